The van der Waals surface area contributed by atoms with E-state index in [1.807, 2.05) is 60.7 Å². The number of rotatable bonds is 8. The number of carbonyl (C=O) groups excluding carboxylic acids is 3. The van der Waals surface area contributed by atoms with E-state index in [4.69, 9.17) is 0 Å². The van der Waals surface area contributed by atoms with Gasteiger partial charge < -0.3 is 10.2 Å². The number of likely N-dealkylation sites (tertiary alicyclic amines) is 1. The molecule has 2 aromatic carbocycles. The molecular weight excluding hydrogens is 340 g/mol. The van der Waals surface area contributed by atoms with Crippen LogP contribution >= 0.6 is 0 Å². The third-order valence-corrected chi connectivity index (χ3v) is 4.82. The maximum absolute atomic E-state index is 12.5. The molecule has 27 heavy (non-hydrogen) atoms. The van der Waals surface area contributed by atoms with Crippen molar-refractivity contribution < 1.29 is 14.4 Å². The SMILES string of the molecule is O=C(NCCCc1ccccc1)C(=O)C1CCC(=O)N1Cc1ccccc1. The Kier molecular flexibility index (Phi) is 6.36. The lowest BCUT2D eigenvalue weighted by molar-refractivity contribution is -0.143. The van der Waals surface area contributed by atoms with Crippen molar-refractivity contribution in [3.05, 3.63) is 71.8 Å². The second-order valence-electron chi connectivity index (χ2n) is 6.77. The van der Waals surface area contributed by atoms with Crippen LogP contribution in [0.4, 0.5) is 0 Å². The molecule has 0 bridgehead atoms. The van der Waals surface area contributed by atoms with Gasteiger partial charge in [0.1, 0.15) is 6.04 Å². The lowest BCUT2D eigenvalue weighted by atomic mass is 10.1. The summed E-state index contributed by atoms with van der Waals surface area (Å²) in [5, 5.41) is 2.70. The molecule has 0 saturated carbocycles. The lowest BCUT2D eigenvalue weighted by Crippen LogP contribution is -2.45. The second-order valence-corrected chi connectivity index (χ2v) is 6.77. The van der Waals surface area contributed by atoms with Gasteiger partial charge in [-0.15, -0.1) is 0 Å². The fourth-order valence-corrected chi connectivity index (χ4v) is 3.36. The average molecular weight is 364 g/mol. The molecule has 1 aliphatic heterocycles. The molecule has 3 rings (SSSR count). The first kappa shape index (κ1) is 18.8. The lowest BCUT2D eigenvalue weighted by Gasteiger charge is -2.23. The van der Waals surface area contributed by atoms with Gasteiger partial charge in [0, 0.05) is 19.5 Å². The van der Waals surface area contributed by atoms with Crippen LogP contribution in [0.25, 0.3) is 0 Å². The maximum Gasteiger partial charge on any atom is 0.289 e. The van der Waals surface area contributed by atoms with E-state index >= 15 is 0 Å². The number of Topliss-reactive ketones (excluding diaryl/α,β-unsaturated/α-hetero) is 1. The van der Waals surface area contributed by atoms with Gasteiger partial charge in [-0.2, -0.15) is 0 Å². The number of carbonyl (C=O) groups is 3. The zero-order valence-corrected chi connectivity index (χ0v) is 15.3. The van der Waals surface area contributed by atoms with Crippen LogP contribution in [0.15, 0.2) is 60.7 Å². The number of hydrogen-bond donors (Lipinski definition) is 1. The molecule has 5 nitrogen and oxygen atoms in total. The van der Waals surface area contributed by atoms with Gasteiger partial charge in [-0.05, 0) is 30.4 Å². The van der Waals surface area contributed by atoms with Crippen LogP contribution in [-0.4, -0.2) is 35.1 Å². The van der Waals surface area contributed by atoms with Crippen molar-refractivity contribution in [2.45, 2.75) is 38.3 Å². The zero-order chi connectivity index (χ0) is 19.1. The van der Waals surface area contributed by atoms with E-state index in [-0.39, 0.29) is 5.91 Å². The van der Waals surface area contributed by atoms with E-state index < -0.39 is 17.7 Å². The molecule has 2 aromatic rings. The van der Waals surface area contributed by atoms with Gasteiger partial charge in [-0.3, -0.25) is 14.4 Å². The summed E-state index contributed by atoms with van der Waals surface area (Å²) in [5.41, 5.74) is 2.15. The second kappa shape index (κ2) is 9.12. The monoisotopic (exact) mass is 364 g/mol. The molecule has 0 aliphatic carbocycles. The Hall–Kier alpha value is -2.95. The van der Waals surface area contributed by atoms with Gasteiger partial charge in [0.25, 0.3) is 5.91 Å². The fraction of sp³-hybridized carbons (Fsp3) is 0.318. The maximum atomic E-state index is 12.5. The first-order chi connectivity index (χ1) is 13.1. The highest BCUT2D eigenvalue weighted by molar-refractivity contribution is 6.38. The molecule has 5 heteroatoms. The molecule has 0 radical (unpaired) electrons. The Labute approximate surface area is 159 Å². The molecule has 1 N–H and O–H groups in total. The van der Waals surface area contributed by atoms with Crippen LogP contribution in [0.2, 0.25) is 0 Å². The van der Waals surface area contributed by atoms with Crippen LogP contribution < -0.4 is 5.32 Å². The first-order valence-corrected chi connectivity index (χ1v) is 9.34. The molecule has 1 unspecified atom stereocenters. The molecule has 1 heterocycles. The van der Waals surface area contributed by atoms with Crippen molar-refractivity contribution in [1.29, 1.82) is 0 Å². The number of amides is 2. The summed E-state index contributed by atoms with van der Waals surface area (Å²) in [6, 6.07) is 18.9. The molecule has 1 fully saturated rings. The highest BCUT2D eigenvalue weighted by Crippen LogP contribution is 2.22. The fourth-order valence-electron chi connectivity index (χ4n) is 3.36. The largest absolute Gasteiger partial charge is 0.349 e. The zero-order valence-electron chi connectivity index (χ0n) is 15.3. The Morgan fingerprint density at radius 1 is 0.963 bits per heavy atom. The highest BCUT2D eigenvalue weighted by Gasteiger charge is 2.38. The predicted molar refractivity (Wildman–Crippen MR) is 103 cm³/mol. The third-order valence-electron chi connectivity index (χ3n) is 4.82. The number of ketones is 1. The minimum atomic E-state index is -0.660. The molecule has 0 spiro atoms. The minimum Gasteiger partial charge on any atom is -0.349 e. The number of nitrogens with one attached hydrogen (secondary N) is 1. The van der Waals surface area contributed by atoms with Crippen LogP contribution in [0, 0.1) is 0 Å². The van der Waals surface area contributed by atoms with Crippen molar-refractivity contribution in [2.75, 3.05) is 6.54 Å². The molecule has 2 amide bonds. The van der Waals surface area contributed by atoms with E-state index in [1.54, 1.807) is 0 Å². The van der Waals surface area contributed by atoms with Gasteiger partial charge in [0.05, 0.1) is 0 Å². The number of aryl methyl sites for hydroxylation is 1. The van der Waals surface area contributed by atoms with Crippen molar-refractivity contribution in [3.63, 3.8) is 0 Å². The quantitative estimate of drug-likeness (QED) is 0.578. The number of nitrogens with zero attached hydrogens (tertiary/aromatic N) is 1. The molecule has 1 atom stereocenters. The third kappa shape index (κ3) is 5.03. The van der Waals surface area contributed by atoms with E-state index in [2.05, 4.69) is 5.32 Å². The van der Waals surface area contributed by atoms with Crippen LogP contribution in [-0.2, 0) is 27.3 Å². The Morgan fingerprint density at radius 3 is 2.26 bits per heavy atom. The van der Waals surface area contributed by atoms with Crippen molar-refractivity contribution in [2.24, 2.45) is 0 Å². The average Bonchev–Trinajstić information content (AvgIpc) is 3.06. The predicted octanol–water partition coefficient (Wildman–Crippen LogP) is 2.50. The highest BCUT2D eigenvalue weighted by atomic mass is 16.2. The standard InChI is InChI=1S/C22H24N2O3/c25-20-14-13-19(24(20)16-18-10-5-2-6-11-18)21(26)22(27)23-15-7-12-17-8-3-1-4-9-17/h1-6,8-11,19H,7,12-16H2,(H,23,27). The molecule has 1 saturated heterocycles. The molecule has 1 aliphatic rings. The molecule has 140 valence electrons. The van der Waals surface area contributed by atoms with Gasteiger partial charge in [0.15, 0.2) is 0 Å². The smallest absolute Gasteiger partial charge is 0.289 e. The summed E-state index contributed by atoms with van der Waals surface area (Å²) in [6.45, 7) is 0.802. The van der Waals surface area contributed by atoms with Crippen molar-refractivity contribution >= 4 is 17.6 Å². The van der Waals surface area contributed by atoms with E-state index in [0.29, 0.717) is 25.9 Å². The number of benzene rings is 2. The summed E-state index contributed by atoms with van der Waals surface area (Å²) in [7, 11) is 0. The first-order valence-electron chi connectivity index (χ1n) is 9.34. The molecule has 0 aromatic heterocycles. The van der Waals surface area contributed by atoms with E-state index in [0.717, 1.165) is 18.4 Å². The summed E-state index contributed by atoms with van der Waals surface area (Å²) in [5.74, 6) is -1.19. The minimum absolute atomic E-state index is 0.0749. The Morgan fingerprint density at radius 2 is 1.59 bits per heavy atom. The summed E-state index contributed by atoms with van der Waals surface area (Å²) in [6.07, 6.45) is 2.32. The normalized spacial score (nSPS) is 16.4. The van der Waals surface area contributed by atoms with Gasteiger partial charge in [-0.1, -0.05) is 60.7 Å². The van der Waals surface area contributed by atoms with Crippen LogP contribution in [0.1, 0.15) is 30.4 Å². The Bertz CT molecular complexity index is 790. The Balaban J connectivity index is 1.50. The topological polar surface area (TPSA) is 66.5 Å². The summed E-state index contributed by atoms with van der Waals surface area (Å²) < 4.78 is 0. The van der Waals surface area contributed by atoms with E-state index in [1.165, 1.54) is 10.5 Å². The van der Waals surface area contributed by atoms with Crippen LogP contribution in [0.3, 0.4) is 0 Å². The van der Waals surface area contributed by atoms with Crippen molar-refractivity contribution in [3.8, 4) is 0 Å². The van der Waals surface area contributed by atoms with Gasteiger partial charge in [-0.25, -0.2) is 0 Å². The summed E-state index contributed by atoms with van der Waals surface area (Å²) >= 11 is 0. The van der Waals surface area contributed by atoms with Gasteiger partial charge >= 0.3 is 0 Å². The van der Waals surface area contributed by atoms with Gasteiger partial charge in [0.2, 0.25) is 11.7 Å². The van der Waals surface area contributed by atoms with Crippen molar-refractivity contribution in [1.82, 2.24) is 10.2 Å². The van der Waals surface area contributed by atoms with E-state index in [9.17, 15) is 14.4 Å². The summed E-state index contributed by atoms with van der Waals surface area (Å²) in [4.78, 5) is 38.5. The van der Waals surface area contributed by atoms with Crippen LogP contribution in [0.5, 0.6) is 0 Å². The molecular formula is C22H24N2O3. The number of hydrogen-bond acceptors (Lipinski definition) is 3.